The highest BCUT2D eigenvalue weighted by Crippen LogP contribution is 2.25. The summed E-state index contributed by atoms with van der Waals surface area (Å²) < 4.78 is 5.33. The highest BCUT2D eigenvalue weighted by atomic mass is 127. The van der Waals surface area contributed by atoms with Gasteiger partial charge in [-0.1, -0.05) is 29.3 Å². The lowest BCUT2D eigenvalue weighted by atomic mass is 10.1. The molecule has 1 aliphatic rings. The monoisotopic (exact) mass is 486 g/mol. The molecule has 1 aromatic carbocycles. The van der Waals surface area contributed by atoms with E-state index in [1.807, 2.05) is 19.1 Å². The number of ether oxygens (including phenoxy) is 1. The van der Waals surface area contributed by atoms with Crippen molar-refractivity contribution < 1.29 is 4.74 Å². The van der Waals surface area contributed by atoms with Gasteiger partial charge in [-0.15, -0.1) is 24.0 Å². The first-order chi connectivity index (χ1) is 11.1. The highest BCUT2D eigenvalue weighted by Gasteiger charge is 2.11. The molecule has 1 unspecified atom stereocenters. The molecule has 3 N–H and O–H groups in total. The summed E-state index contributed by atoms with van der Waals surface area (Å²) in [5, 5.41) is 4.41. The number of nitrogens with two attached hydrogens (primary N) is 1. The number of halogens is 3. The van der Waals surface area contributed by atoms with Gasteiger partial charge in [-0.25, -0.2) is 0 Å². The second kappa shape index (κ2) is 11.4. The molecule has 1 saturated heterocycles. The standard InChI is InChI=1S/C16H24Cl2N4O.HI/c1-12(14-4-3-13(17)11-15(14)18)21-16(19)20-5-2-6-22-7-9-23-10-8-22;/h3-4,11-12H,2,5-10H2,1H3,(H3,19,20,21);1H. The van der Waals surface area contributed by atoms with Crippen molar-refractivity contribution in [1.29, 1.82) is 0 Å². The Morgan fingerprint density at radius 2 is 2.08 bits per heavy atom. The summed E-state index contributed by atoms with van der Waals surface area (Å²) in [6.45, 7) is 7.38. The topological polar surface area (TPSA) is 62.9 Å². The zero-order valence-electron chi connectivity index (χ0n) is 13.8. The number of aliphatic imine (C=N–C) groups is 1. The molecule has 5 nitrogen and oxygen atoms in total. The van der Waals surface area contributed by atoms with Crippen LogP contribution in [0.15, 0.2) is 23.2 Å². The maximum Gasteiger partial charge on any atom is 0.189 e. The fourth-order valence-corrected chi connectivity index (χ4v) is 3.09. The molecule has 1 atom stereocenters. The van der Waals surface area contributed by atoms with Crippen molar-refractivity contribution in [1.82, 2.24) is 10.2 Å². The molecule has 2 rings (SSSR count). The predicted molar refractivity (Wildman–Crippen MR) is 112 cm³/mol. The van der Waals surface area contributed by atoms with Crippen LogP contribution in [0.3, 0.4) is 0 Å². The summed E-state index contributed by atoms with van der Waals surface area (Å²) >= 11 is 12.1. The Balaban J connectivity index is 0.00000288. The zero-order chi connectivity index (χ0) is 16.7. The number of guanidine groups is 1. The maximum absolute atomic E-state index is 6.20. The Labute approximate surface area is 170 Å². The molecule has 0 spiro atoms. The fraction of sp³-hybridized carbons (Fsp3) is 0.562. The molecule has 1 fully saturated rings. The summed E-state index contributed by atoms with van der Waals surface area (Å²) in [7, 11) is 0. The molecule has 0 aromatic heterocycles. The summed E-state index contributed by atoms with van der Waals surface area (Å²) in [5.74, 6) is 0.436. The van der Waals surface area contributed by atoms with E-state index in [1.54, 1.807) is 6.07 Å². The lowest BCUT2D eigenvalue weighted by Gasteiger charge is -2.26. The molecule has 1 aromatic rings. The van der Waals surface area contributed by atoms with Gasteiger partial charge in [0.05, 0.1) is 19.3 Å². The van der Waals surface area contributed by atoms with Crippen LogP contribution < -0.4 is 11.1 Å². The van der Waals surface area contributed by atoms with Crippen LogP contribution in [0.2, 0.25) is 10.0 Å². The molecule has 1 heterocycles. The summed E-state index contributed by atoms with van der Waals surface area (Å²) in [5.41, 5.74) is 6.89. The Bertz CT molecular complexity index is 539. The van der Waals surface area contributed by atoms with Gasteiger partial charge < -0.3 is 15.8 Å². The van der Waals surface area contributed by atoms with Gasteiger partial charge in [0.25, 0.3) is 0 Å². The number of hydrogen-bond acceptors (Lipinski definition) is 3. The van der Waals surface area contributed by atoms with E-state index in [0.29, 0.717) is 22.5 Å². The van der Waals surface area contributed by atoms with Crippen LogP contribution in [0.25, 0.3) is 0 Å². The molecule has 0 amide bonds. The predicted octanol–water partition coefficient (Wildman–Crippen LogP) is 3.30. The van der Waals surface area contributed by atoms with Crippen LogP contribution in [0.4, 0.5) is 0 Å². The molecule has 0 saturated carbocycles. The SMILES string of the molecule is CC(NC(N)=NCCCN1CCOCC1)c1ccc(Cl)cc1Cl.I. The Kier molecular flexibility index (Phi) is 10.3. The molecular weight excluding hydrogens is 462 g/mol. The second-order valence-electron chi connectivity index (χ2n) is 5.61. The van der Waals surface area contributed by atoms with Crippen LogP contribution in [-0.4, -0.2) is 50.3 Å². The first kappa shape index (κ1) is 21.8. The van der Waals surface area contributed by atoms with Gasteiger partial charge in [0, 0.05) is 36.2 Å². The smallest absolute Gasteiger partial charge is 0.189 e. The minimum atomic E-state index is -0.0252. The highest BCUT2D eigenvalue weighted by molar-refractivity contribution is 14.0. The molecule has 0 bridgehead atoms. The van der Waals surface area contributed by atoms with Crippen molar-refractivity contribution in [2.24, 2.45) is 10.7 Å². The minimum absolute atomic E-state index is 0. The molecule has 8 heteroatoms. The molecule has 0 radical (unpaired) electrons. The van der Waals surface area contributed by atoms with E-state index in [-0.39, 0.29) is 30.0 Å². The first-order valence-electron chi connectivity index (χ1n) is 7.88. The fourth-order valence-electron chi connectivity index (χ4n) is 2.52. The Hall–Kier alpha value is -0.280. The largest absolute Gasteiger partial charge is 0.379 e. The average Bonchev–Trinajstić information content (AvgIpc) is 2.52. The summed E-state index contributed by atoms with van der Waals surface area (Å²) in [6, 6.07) is 5.42. The molecule has 136 valence electrons. The third-order valence-corrected chi connectivity index (χ3v) is 4.37. The second-order valence-corrected chi connectivity index (χ2v) is 6.45. The van der Waals surface area contributed by atoms with Crippen molar-refractivity contribution >= 4 is 53.1 Å². The van der Waals surface area contributed by atoms with E-state index in [1.165, 1.54) is 0 Å². The Morgan fingerprint density at radius 1 is 1.38 bits per heavy atom. The molecular formula is C16H25Cl2IN4O. The number of hydrogen-bond donors (Lipinski definition) is 2. The van der Waals surface area contributed by atoms with Crippen LogP contribution in [0.1, 0.15) is 24.9 Å². The molecule has 24 heavy (non-hydrogen) atoms. The number of benzene rings is 1. The van der Waals surface area contributed by atoms with Crippen LogP contribution in [0.5, 0.6) is 0 Å². The van der Waals surface area contributed by atoms with Gasteiger partial charge in [0.15, 0.2) is 5.96 Å². The lowest BCUT2D eigenvalue weighted by Crippen LogP contribution is -2.37. The molecule has 0 aliphatic carbocycles. The normalized spacial score (nSPS) is 17.2. The molecule has 1 aliphatic heterocycles. The van der Waals surface area contributed by atoms with E-state index in [4.69, 9.17) is 33.7 Å². The third kappa shape index (κ3) is 7.31. The van der Waals surface area contributed by atoms with Crippen molar-refractivity contribution in [3.63, 3.8) is 0 Å². The number of rotatable bonds is 6. The third-order valence-electron chi connectivity index (χ3n) is 3.81. The number of morpholine rings is 1. The zero-order valence-corrected chi connectivity index (χ0v) is 17.6. The van der Waals surface area contributed by atoms with Gasteiger partial charge in [-0.05, 0) is 31.0 Å². The minimum Gasteiger partial charge on any atom is -0.379 e. The van der Waals surface area contributed by atoms with Gasteiger partial charge in [0.2, 0.25) is 0 Å². The quantitative estimate of drug-likeness (QED) is 0.280. The maximum atomic E-state index is 6.20. The van der Waals surface area contributed by atoms with E-state index in [0.717, 1.165) is 44.8 Å². The average molecular weight is 487 g/mol. The van der Waals surface area contributed by atoms with E-state index in [2.05, 4.69) is 15.2 Å². The van der Waals surface area contributed by atoms with E-state index in [9.17, 15) is 0 Å². The van der Waals surface area contributed by atoms with Crippen molar-refractivity contribution in [2.75, 3.05) is 39.4 Å². The lowest BCUT2D eigenvalue weighted by molar-refractivity contribution is 0.0377. The van der Waals surface area contributed by atoms with Crippen LogP contribution in [-0.2, 0) is 4.74 Å². The van der Waals surface area contributed by atoms with Gasteiger partial charge in [-0.3, -0.25) is 9.89 Å². The van der Waals surface area contributed by atoms with Crippen LogP contribution >= 0.6 is 47.2 Å². The van der Waals surface area contributed by atoms with Gasteiger partial charge in [0.1, 0.15) is 0 Å². The Morgan fingerprint density at radius 3 is 2.75 bits per heavy atom. The number of nitrogens with one attached hydrogen (secondary N) is 1. The summed E-state index contributed by atoms with van der Waals surface area (Å²) in [4.78, 5) is 6.77. The van der Waals surface area contributed by atoms with Gasteiger partial charge >= 0.3 is 0 Å². The van der Waals surface area contributed by atoms with Crippen molar-refractivity contribution in [3.05, 3.63) is 33.8 Å². The van der Waals surface area contributed by atoms with Crippen LogP contribution in [0, 0.1) is 0 Å². The van der Waals surface area contributed by atoms with E-state index < -0.39 is 0 Å². The van der Waals surface area contributed by atoms with E-state index >= 15 is 0 Å². The first-order valence-corrected chi connectivity index (χ1v) is 8.63. The van der Waals surface area contributed by atoms with Gasteiger partial charge in [-0.2, -0.15) is 0 Å². The number of nitrogens with zero attached hydrogens (tertiary/aromatic N) is 2. The summed E-state index contributed by atoms with van der Waals surface area (Å²) in [6.07, 6.45) is 0.985. The van der Waals surface area contributed by atoms with Crippen molar-refractivity contribution in [3.8, 4) is 0 Å². The van der Waals surface area contributed by atoms with Crippen molar-refractivity contribution in [2.45, 2.75) is 19.4 Å².